The molecule has 0 aliphatic carbocycles. The highest BCUT2D eigenvalue weighted by atomic mass is 16.5. The van der Waals surface area contributed by atoms with Gasteiger partial charge in [0.05, 0.1) is 6.04 Å². The van der Waals surface area contributed by atoms with E-state index in [9.17, 15) is 4.79 Å². The van der Waals surface area contributed by atoms with Gasteiger partial charge in [-0.2, -0.15) is 0 Å². The smallest absolute Gasteiger partial charge is 0.263 e. The third-order valence-electron chi connectivity index (χ3n) is 6.30. The van der Waals surface area contributed by atoms with Crippen LogP contribution in [0, 0.1) is 0 Å². The number of amides is 1. The van der Waals surface area contributed by atoms with E-state index in [1.54, 1.807) is 4.90 Å². The summed E-state index contributed by atoms with van der Waals surface area (Å²) in [7, 11) is 1.81. The number of hydrogen-bond acceptors (Lipinski definition) is 3. The number of carbonyl (C=O) groups excluding carboxylic acids is 1. The molecule has 0 saturated carbocycles. The molecule has 32 heavy (non-hydrogen) atoms. The Kier molecular flexibility index (Phi) is 6.91. The monoisotopic (exact) mass is 428 g/mol. The van der Waals surface area contributed by atoms with E-state index in [1.165, 1.54) is 22.3 Å². The SMILES string of the molecule is CCN(C)C(=O)C(C)Oc1ccc2c(c1)C(c1ccccc1)N(Cc1ccccc1)CC2. The minimum Gasteiger partial charge on any atom is -0.481 e. The first-order chi connectivity index (χ1) is 15.6. The number of benzene rings is 3. The zero-order valence-electron chi connectivity index (χ0n) is 19.2. The Hall–Kier alpha value is -3.11. The molecule has 166 valence electrons. The van der Waals surface area contributed by atoms with Crippen molar-refractivity contribution in [1.29, 1.82) is 0 Å². The zero-order chi connectivity index (χ0) is 22.5. The summed E-state index contributed by atoms with van der Waals surface area (Å²) in [5.74, 6) is 0.743. The molecule has 0 aromatic heterocycles. The molecule has 4 rings (SSSR count). The molecule has 1 aliphatic heterocycles. The molecule has 0 N–H and O–H groups in total. The molecule has 0 spiro atoms. The van der Waals surface area contributed by atoms with E-state index in [4.69, 9.17) is 4.74 Å². The fourth-order valence-corrected chi connectivity index (χ4v) is 4.45. The Morgan fingerprint density at radius 2 is 1.75 bits per heavy atom. The third-order valence-corrected chi connectivity index (χ3v) is 6.30. The molecule has 0 bridgehead atoms. The average molecular weight is 429 g/mol. The first kappa shape index (κ1) is 22.1. The molecule has 0 saturated heterocycles. The Bertz CT molecular complexity index is 1040. The number of ether oxygens (including phenoxy) is 1. The minimum atomic E-state index is -0.516. The zero-order valence-corrected chi connectivity index (χ0v) is 19.2. The number of hydrogen-bond donors (Lipinski definition) is 0. The van der Waals surface area contributed by atoms with Gasteiger partial charge in [-0.05, 0) is 54.7 Å². The van der Waals surface area contributed by atoms with Crippen molar-refractivity contribution in [1.82, 2.24) is 9.80 Å². The van der Waals surface area contributed by atoms with Crippen LogP contribution in [0.4, 0.5) is 0 Å². The van der Waals surface area contributed by atoms with E-state index in [1.807, 2.05) is 27.0 Å². The van der Waals surface area contributed by atoms with Crippen LogP contribution in [0.1, 0.15) is 42.1 Å². The summed E-state index contributed by atoms with van der Waals surface area (Å²) < 4.78 is 6.09. The maximum atomic E-state index is 12.5. The summed E-state index contributed by atoms with van der Waals surface area (Å²) in [5, 5.41) is 0. The average Bonchev–Trinajstić information content (AvgIpc) is 2.84. The number of carbonyl (C=O) groups is 1. The van der Waals surface area contributed by atoms with Gasteiger partial charge in [-0.15, -0.1) is 0 Å². The standard InChI is InChI=1S/C28H32N2O2/c1-4-29(3)28(31)21(2)32-25-16-15-23-17-18-30(20-22-11-7-5-8-12-22)27(26(23)19-25)24-13-9-6-10-14-24/h5-16,19,21,27H,4,17-18,20H2,1-3H3. The lowest BCUT2D eigenvalue weighted by molar-refractivity contribution is -0.136. The normalized spacial score (nSPS) is 16.8. The van der Waals surface area contributed by atoms with Gasteiger partial charge in [0.15, 0.2) is 6.10 Å². The van der Waals surface area contributed by atoms with Gasteiger partial charge in [-0.3, -0.25) is 9.69 Å². The molecule has 3 aromatic carbocycles. The van der Waals surface area contributed by atoms with Crippen LogP contribution in [0.2, 0.25) is 0 Å². The van der Waals surface area contributed by atoms with Crippen LogP contribution in [0.5, 0.6) is 5.75 Å². The van der Waals surface area contributed by atoms with Gasteiger partial charge >= 0.3 is 0 Å². The van der Waals surface area contributed by atoms with Crippen molar-refractivity contribution in [3.63, 3.8) is 0 Å². The van der Waals surface area contributed by atoms with Gasteiger partial charge in [0.1, 0.15) is 5.75 Å². The van der Waals surface area contributed by atoms with Crippen molar-refractivity contribution in [3.05, 3.63) is 101 Å². The maximum absolute atomic E-state index is 12.5. The summed E-state index contributed by atoms with van der Waals surface area (Å²) in [6.07, 6.45) is 0.482. The van der Waals surface area contributed by atoms with Crippen LogP contribution in [0.25, 0.3) is 0 Å². The van der Waals surface area contributed by atoms with E-state index in [-0.39, 0.29) is 11.9 Å². The van der Waals surface area contributed by atoms with E-state index >= 15 is 0 Å². The lowest BCUT2D eigenvalue weighted by Gasteiger charge is -2.38. The minimum absolute atomic E-state index is 0.00414. The summed E-state index contributed by atoms with van der Waals surface area (Å²) in [4.78, 5) is 16.7. The molecule has 1 aliphatic rings. The molecule has 4 heteroatoms. The van der Waals surface area contributed by atoms with Gasteiger partial charge in [0.25, 0.3) is 5.91 Å². The second-order valence-corrected chi connectivity index (χ2v) is 8.49. The molecule has 0 fully saturated rings. The van der Waals surface area contributed by atoms with Crippen molar-refractivity contribution in [3.8, 4) is 5.75 Å². The first-order valence-corrected chi connectivity index (χ1v) is 11.4. The molecule has 2 atom stereocenters. The van der Waals surface area contributed by atoms with Crippen molar-refractivity contribution in [2.45, 2.75) is 39.0 Å². The molecule has 1 heterocycles. The van der Waals surface area contributed by atoms with Crippen molar-refractivity contribution in [2.24, 2.45) is 0 Å². The van der Waals surface area contributed by atoms with E-state index < -0.39 is 6.10 Å². The predicted octanol–water partition coefficient (Wildman–Crippen LogP) is 5.08. The molecule has 3 aromatic rings. The number of nitrogens with zero attached hydrogens (tertiary/aromatic N) is 2. The fraction of sp³-hybridized carbons (Fsp3) is 0.321. The Morgan fingerprint density at radius 1 is 1.06 bits per heavy atom. The molecular formula is C28H32N2O2. The molecule has 1 amide bonds. The summed E-state index contributed by atoms with van der Waals surface area (Å²) in [5.41, 5.74) is 5.20. The Balaban J connectivity index is 1.66. The number of fused-ring (bicyclic) bond motifs is 1. The highest BCUT2D eigenvalue weighted by molar-refractivity contribution is 5.80. The van der Waals surface area contributed by atoms with Gasteiger partial charge in [-0.25, -0.2) is 0 Å². The van der Waals surface area contributed by atoms with Crippen LogP contribution in [-0.2, 0) is 17.8 Å². The number of likely N-dealkylation sites (N-methyl/N-ethyl adjacent to an activating group) is 1. The molecule has 2 unspecified atom stereocenters. The van der Waals surface area contributed by atoms with Crippen LogP contribution < -0.4 is 4.74 Å². The quantitative estimate of drug-likeness (QED) is 0.526. The van der Waals surface area contributed by atoms with E-state index in [0.717, 1.165) is 25.3 Å². The third kappa shape index (κ3) is 4.86. The maximum Gasteiger partial charge on any atom is 0.263 e. The van der Waals surface area contributed by atoms with Crippen molar-refractivity contribution < 1.29 is 9.53 Å². The summed E-state index contributed by atoms with van der Waals surface area (Å²) in [6.45, 7) is 6.35. The highest BCUT2D eigenvalue weighted by Gasteiger charge is 2.29. The van der Waals surface area contributed by atoms with Crippen LogP contribution in [-0.4, -0.2) is 41.9 Å². The van der Waals surface area contributed by atoms with Gasteiger partial charge in [0.2, 0.25) is 0 Å². The van der Waals surface area contributed by atoms with Crippen molar-refractivity contribution >= 4 is 5.91 Å². The predicted molar refractivity (Wildman–Crippen MR) is 129 cm³/mol. The van der Waals surface area contributed by atoms with Gasteiger partial charge in [0, 0.05) is 26.7 Å². The van der Waals surface area contributed by atoms with Crippen molar-refractivity contribution in [2.75, 3.05) is 20.1 Å². The second-order valence-electron chi connectivity index (χ2n) is 8.49. The number of rotatable bonds is 7. The van der Waals surface area contributed by atoms with Crippen LogP contribution in [0.15, 0.2) is 78.9 Å². The lowest BCUT2D eigenvalue weighted by Crippen LogP contribution is -2.38. The molecule has 4 nitrogen and oxygen atoms in total. The van der Waals surface area contributed by atoms with E-state index in [2.05, 4.69) is 77.7 Å². The largest absolute Gasteiger partial charge is 0.481 e. The van der Waals surface area contributed by atoms with Gasteiger partial charge in [-0.1, -0.05) is 66.7 Å². The van der Waals surface area contributed by atoms with Crippen LogP contribution in [0.3, 0.4) is 0 Å². The molecule has 0 radical (unpaired) electrons. The highest BCUT2D eigenvalue weighted by Crippen LogP contribution is 2.38. The topological polar surface area (TPSA) is 32.8 Å². The van der Waals surface area contributed by atoms with Gasteiger partial charge < -0.3 is 9.64 Å². The Morgan fingerprint density at radius 3 is 2.44 bits per heavy atom. The Labute approximate surface area is 191 Å². The lowest BCUT2D eigenvalue weighted by atomic mass is 9.87. The van der Waals surface area contributed by atoms with Crippen LogP contribution >= 0.6 is 0 Å². The second kappa shape index (κ2) is 10.0. The van der Waals surface area contributed by atoms with E-state index in [0.29, 0.717) is 6.54 Å². The summed E-state index contributed by atoms with van der Waals surface area (Å²) in [6, 6.07) is 27.8. The molecular weight excluding hydrogens is 396 g/mol. The fourth-order valence-electron chi connectivity index (χ4n) is 4.45. The summed E-state index contributed by atoms with van der Waals surface area (Å²) >= 11 is 0. The first-order valence-electron chi connectivity index (χ1n) is 11.4.